The van der Waals surface area contributed by atoms with Crippen molar-refractivity contribution in [2.45, 2.75) is 6.42 Å². The lowest BCUT2D eigenvalue weighted by Gasteiger charge is -2.15. The van der Waals surface area contributed by atoms with Crippen molar-refractivity contribution in [1.29, 1.82) is 5.26 Å². The quantitative estimate of drug-likeness (QED) is 0.745. The molecule has 0 unspecified atom stereocenters. The van der Waals surface area contributed by atoms with Gasteiger partial charge in [-0.1, -0.05) is 17.7 Å². The Kier molecular flexibility index (Phi) is 6.12. The molecule has 1 N–H and O–H groups in total. The molecule has 0 bridgehead atoms. The highest BCUT2D eigenvalue weighted by molar-refractivity contribution is 7.73. The lowest BCUT2D eigenvalue weighted by molar-refractivity contribution is 0.0963. The number of hydrogen-bond donors (Lipinski definition) is 1. The minimum atomic E-state index is -2.39. The van der Waals surface area contributed by atoms with Gasteiger partial charge in [0.15, 0.2) is 0 Å². The minimum Gasteiger partial charge on any atom is -0.455 e. The monoisotopic (exact) mass is 430 g/mol. The number of allylic oxidation sites excluding steroid dienone is 4. The fourth-order valence-corrected chi connectivity index (χ4v) is 3.20. The predicted molar refractivity (Wildman–Crippen MR) is 106 cm³/mol. The Balaban J connectivity index is 1.92. The summed E-state index contributed by atoms with van der Waals surface area (Å²) in [5.41, 5.74) is 0.712. The van der Waals surface area contributed by atoms with Gasteiger partial charge in [0.05, 0.1) is 27.1 Å². The number of rotatable bonds is 4. The molecule has 6 nitrogen and oxygen atoms in total. The largest absolute Gasteiger partial charge is 0.455 e. The van der Waals surface area contributed by atoms with E-state index in [1.165, 1.54) is 36.4 Å². The van der Waals surface area contributed by atoms with E-state index in [0.29, 0.717) is 5.70 Å². The molecule has 0 radical (unpaired) electrons. The molecule has 9 heteroatoms. The normalized spacial score (nSPS) is 12.7. The van der Waals surface area contributed by atoms with Gasteiger partial charge in [0.2, 0.25) is 10.3 Å². The highest BCUT2D eigenvalue weighted by Gasteiger charge is 2.18. The standard InChI is InChI=1S/C20H12ClFN2O4S/c21-17-9-13(22)5-7-18(17)28-19-8-12(11-23)4-6-16(19)20(25)24-14-2-1-3-15(10-14)29(26)27/h1-9H,10H2,(H,24,25). The Morgan fingerprint density at radius 3 is 2.69 bits per heavy atom. The third-order valence-electron chi connectivity index (χ3n) is 3.90. The molecule has 2 aromatic rings. The molecule has 0 heterocycles. The molecule has 1 amide bonds. The zero-order valence-corrected chi connectivity index (χ0v) is 16.2. The summed E-state index contributed by atoms with van der Waals surface area (Å²) in [6.45, 7) is 0. The van der Waals surface area contributed by atoms with E-state index in [1.807, 2.05) is 6.07 Å². The highest BCUT2D eigenvalue weighted by Crippen LogP contribution is 2.32. The van der Waals surface area contributed by atoms with E-state index in [4.69, 9.17) is 21.6 Å². The van der Waals surface area contributed by atoms with E-state index in [-0.39, 0.29) is 38.9 Å². The number of carbonyl (C=O) groups excluding carboxylic acids is 1. The number of halogens is 2. The van der Waals surface area contributed by atoms with Gasteiger partial charge in [-0.05, 0) is 48.6 Å². The second kappa shape index (κ2) is 8.73. The van der Waals surface area contributed by atoms with Gasteiger partial charge < -0.3 is 10.1 Å². The van der Waals surface area contributed by atoms with E-state index < -0.39 is 22.0 Å². The molecule has 146 valence electrons. The minimum absolute atomic E-state index is 0.00369. The Morgan fingerprint density at radius 2 is 2.00 bits per heavy atom. The van der Waals surface area contributed by atoms with Gasteiger partial charge in [-0.3, -0.25) is 4.79 Å². The van der Waals surface area contributed by atoms with Crippen LogP contribution in [0.25, 0.3) is 0 Å². The zero-order valence-electron chi connectivity index (χ0n) is 14.6. The number of amides is 1. The fraction of sp³-hybridized carbons (Fsp3) is 0.0500. The highest BCUT2D eigenvalue weighted by atomic mass is 35.5. The number of carbonyl (C=O) groups is 1. The third kappa shape index (κ3) is 4.90. The summed E-state index contributed by atoms with van der Waals surface area (Å²) >= 11 is 5.98. The number of nitrogens with one attached hydrogen (secondary N) is 1. The topological polar surface area (TPSA) is 96.3 Å². The molecule has 0 fully saturated rings. The Bertz CT molecular complexity index is 1240. The van der Waals surface area contributed by atoms with Gasteiger partial charge in [-0.2, -0.15) is 13.7 Å². The van der Waals surface area contributed by atoms with Gasteiger partial charge in [0.25, 0.3) is 5.91 Å². The molecule has 0 saturated heterocycles. The number of benzene rings is 2. The Labute approximate surface area is 172 Å². The second-order valence-corrected chi connectivity index (χ2v) is 7.28. The first kappa shape index (κ1) is 20.3. The molecule has 1 aliphatic carbocycles. The van der Waals surface area contributed by atoms with Gasteiger partial charge in [-0.25, -0.2) is 4.39 Å². The molecule has 3 rings (SSSR count). The van der Waals surface area contributed by atoms with Crippen LogP contribution in [0.3, 0.4) is 0 Å². The van der Waals surface area contributed by atoms with Crippen LogP contribution in [0.4, 0.5) is 4.39 Å². The average Bonchev–Trinajstić information content (AvgIpc) is 2.70. The number of hydrogen-bond acceptors (Lipinski definition) is 5. The first-order chi connectivity index (χ1) is 13.9. The molecule has 29 heavy (non-hydrogen) atoms. The second-order valence-electron chi connectivity index (χ2n) is 5.88. The van der Waals surface area contributed by atoms with E-state index in [9.17, 15) is 17.6 Å². The summed E-state index contributed by atoms with van der Waals surface area (Å²) in [6.07, 6.45) is 4.56. The molecule has 0 aromatic heterocycles. The SMILES string of the molecule is N#Cc1ccc(C(=O)NC2=CC=CC(=S(=O)=O)C2)c(Oc2ccc(F)cc2Cl)c1. The molecule has 0 atom stereocenters. The smallest absolute Gasteiger partial charge is 0.259 e. The van der Waals surface area contributed by atoms with Crippen LogP contribution >= 0.6 is 11.6 Å². The van der Waals surface area contributed by atoms with Crippen LogP contribution in [-0.4, -0.2) is 19.2 Å². The number of nitriles is 1. The Hall–Kier alpha value is -3.41. The van der Waals surface area contributed by atoms with Gasteiger partial charge >= 0.3 is 0 Å². The molecular weight excluding hydrogens is 419 g/mol. The van der Waals surface area contributed by atoms with Crippen molar-refractivity contribution in [2.24, 2.45) is 0 Å². The van der Waals surface area contributed by atoms with Crippen LogP contribution < -0.4 is 10.1 Å². The van der Waals surface area contributed by atoms with Gasteiger partial charge in [-0.15, -0.1) is 0 Å². The van der Waals surface area contributed by atoms with Crippen molar-refractivity contribution in [2.75, 3.05) is 0 Å². The zero-order chi connectivity index (χ0) is 21.0. The van der Waals surface area contributed by atoms with Crippen molar-refractivity contribution in [1.82, 2.24) is 5.32 Å². The maximum absolute atomic E-state index is 13.3. The average molecular weight is 431 g/mol. The van der Waals surface area contributed by atoms with Crippen LogP contribution in [0, 0.1) is 17.1 Å². The Morgan fingerprint density at radius 1 is 1.21 bits per heavy atom. The number of ether oxygens (including phenoxy) is 1. The van der Waals surface area contributed by atoms with Crippen LogP contribution in [-0.2, 0) is 10.3 Å². The summed E-state index contributed by atoms with van der Waals surface area (Å²) in [7, 11) is -2.39. The van der Waals surface area contributed by atoms with Crippen LogP contribution in [0.15, 0.2) is 60.3 Å². The van der Waals surface area contributed by atoms with Gasteiger partial charge in [0, 0.05) is 12.1 Å². The van der Waals surface area contributed by atoms with Crippen LogP contribution in [0.5, 0.6) is 11.5 Å². The van der Waals surface area contributed by atoms with E-state index in [0.717, 1.165) is 12.1 Å². The number of nitrogens with zero attached hydrogens (tertiary/aromatic N) is 1. The molecule has 0 saturated carbocycles. The summed E-state index contributed by atoms with van der Waals surface area (Å²) < 4.78 is 41.2. The molecule has 0 spiro atoms. The molecule has 0 aliphatic heterocycles. The third-order valence-corrected chi connectivity index (χ3v) is 4.91. The predicted octanol–water partition coefficient (Wildman–Crippen LogP) is 3.77. The van der Waals surface area contributed by atoms with Crippen molar-refractivity contribution in [3.05, 3.63) is 82.3 Å². The lowest BCUT2D eigenvalue weighted by atomic mass is 10.1. The van der Waals surface area contributed by atoms with E-state index in [2.05, 4.69) is 5.32 Å². The first-order valence-electron chi connectivity index (χ1n) is 8.18. The van der Waals surface area contributed by atoms with Crippen molar-refractivity contribution in [3.63, 3.8) is 0 Å². The summed E-state index contributed by atoms with van der Waals surface area (Å²) in [4.78, 5) is 12.9. The first-order valence-corrected chi connectivity index (χ1v) is 9.63. The summed E-state index contributed by atoms with van der Waals surface area (Å²) in [5.74, 6) is -0.973. The molecule has 2 aromatic carbocycles. The maximum Gasteiger partial charge on any atom is 0.259 e. The van der Waals surface area contributed by atoms with E-state index >= 15 is 0 Å². The molecular formula is C20H12ClFN2O4S. The van der Waals surface area contributed by atoms with Crippen molar-refractivity contribution in [3.8, 4) is 17.6 Å². The van der Waals surface area contributed by atoms with Crippen LogP contribution in [0.1, 0.15) is 22.3 Å². The van der Waals surface area contributed by atoms with Crippen LogP contribution in [0.2, 0.25) is 5.02 Å². The van der Waals surface area contributed by atoms with E-state index in [1.54, 1.807) is 6.08 Å². The summed E-state index contributed by atoms with van der Waals surface area (Å²) in [6, 6.07) is 9.65. The lowest BCUT2D eigenvalue weighted by Crippen LogP contribution is -2.25. The molecule has 1 aliphatic rings. The van der Waals surface area contributed by atoms with Crippen molar-refractivity contribution >= 4 is 32.7 Å². The van der Waals surface area contributed by atoms with Gasteiger partial charge in [0.1, 0.15) is 17.3 Å². The maximum atomic E-state index is 13.3. The van der Waals surface area contributed by atoms with Crippen molar-refractivity contribution < 1.29 is 22.3 Å². The summed E-state index contributed by atoms with van der Waals surface area (Å²) in [5, 5.41) is 11.8. The fourth-order valence-electron chi connectivity index (χ4n) is 2.53.